The number of benzene rings is 7. The molecule has 5 heteroatoms. The van der Waals surface area contributed by atoms with E-state index in [4.69, 9.17) is 14.4 Å². The molecular formula is C53H40N4O. The molecule has 7 aromatic carbocycles. The molecule has 0 aliphatic heterocycles. The number of para-hydroxylation sites is 1. The molecule has 1 atom stereocenters. The Hall–Kier alpha value is -7.37. The Morgan fingerprint density at radius 1 is 0.638 bits per heavy atom. The molecule has 0 radical (unpaired) electrons. The van der Waals surface area contributed by atoms with Crippen molar-refractivity contribution in [2.75, 3.05) is 0 Å². The van der Waals surface area contributed by atoms with Crippen LogP contribution in [0.2, 0.25) is 0 Å². The number of nitrogens with zero attached hydrogens (tertiary/aromatic N) is 4. The summed E-state index contributed by atoms with van der Waals surface area (Å²) in [5.74, 6) is 1.68. The molecule has 1 unspecified atom stereocenters. The highest BCUT2D eigenvalue weighted by molar-refractivity contribution is 6.15. The second-order valence-electron chi connectivity index (χ2n) is 14.9. The number of furan rings is 1. The first-order chi connectivity index (χ1) is 28.6. The van der Waals surface area contributed by atoms with Crippen molar-refractivity contribution >= 4 is 67.7 Å². The highest BCUT2D eigenvalue weighted by Gasteiger charge is 2.20. The van der Waals surface area contributed by atoms with Crippen molar-refractivity contribution < 1.29 is 4.42 Å². The van der Waals surface area contributed by atoms with Gasteiger partial charge in [0.05, 0.1) is 23.3 Å². The first kappa shape index (κ1) is 35.1. The first-order valence-electron chi connectivity index (χ1n) is 19.8. The Balaban J connectivity index is 1.09. The van der Waals surface area contributed by atoms with Gasteiger partial charge in [-0.05, 0) is 83.3 Å². The number of rotatable bonds is 7. The van der Waals surface area contributed by atoms with Crippen LogP contribution in [0.5, 0.6) is 0 Å². The minimum atomic E-state index is 0.413. The Bertz CT molecular complexity index is 3130. The summed E-state index contributed by atoms with van der Waals surface area (Å²) >= 11 is 0. The van der Waals surface area contributed by atoms with Crippen LogP contribution < -0.4 is 0 Å². The van der Waals surface area contributed by atoms with Crippen LogP contribution in [0.25, 0.3) is 66.1 Å². The van der Waals surface area contributed by atoms with E-state index < -0.39 is 0 Å². The molecule has 2 aromatic heterocycles. The van der Waals surface area contributed by atoms with Crippen molar-refractivity contribution in [3.63, 3.8) is 0 Å². The molecule has 0 spiro atoms. The van der Waals surface area contributed by atoms with Gasteiger partial charge in [0.2, 0.25) is 0 Å². The third kappa shape index (κ3) is 6.47. The third-order valence-electron chi connectivity index (χ3n) is 11.1. The van der Waals surface area contributed by atoms with Crippen LogP contribution in [-0.4, -0.2) is 23.0 Å². The molecule has 0 saturated heterocycles. The van der Waals surface area contributed by atoms with Gasteiger partial charge in [0.1, 0.15) is 5.58 Å². The number of hydrogen-bond acceptors (Lipinski definition) is 2. The predicted octanol–water partition coefficient (Wildman–Crippen LogP) is 13.4. The van der Waals surface area contributed by atoms with Crippen LogP contribution >= 0.6 is 0 Å². The van der Waals surface area contributed by atoms with Gasteiger partial charge < -0.3 is 8.98 Å². The molecule has 1 aliphatic carbocycles. The molecule has 1 aliphatic rings. The van der Waals surface area contributed by atoms with Crippen molar-refractivity contribution in [3.05, 3.63) is 204 Å². The SMILES string of the molecule is C=NC(=NC(=NCc1ccc2c(c1)oc1c(-n3c4ccc(C5=CCC(C)C=C5)cc4c4cc(-c5ccccc5)ccc43)cccc12)c1ccccc1)c1ccccc1. The number of allylic oxidation sites excluding steroid dienone is 4. The maximum Gasteiger partial charge on any atom is 0.161 e. The lowest BCUT2D eigenvalue weighted by atomic mass is 9.93. The summed E-state index contributed by atoms with van der Waals surface area (Å²) in [5, 5.41) is 4.55. The number of fused-ring (bicyclic) bond motifs is 6. The van der Waals surface area contributed by atoms with Gasteiger partial charge in [0.15, 0.2) is 17.3 Å². The van der Waals surface area contributed by atoms with Gasteiger partial charge in [-0.15, -0.1) is 0 Å². The fourth-order valence-corrected chi connectivity index (χ4v) is 8.14. The van der Waals surface area contributed by atoms with E-state index in [2.05, 4.69) is 145 Å². The lowest BCUT2D eigenvalue weighted by Gasteiger charge is -2.12. The molecule has 2 heterocycles. The Morgan fingerprint density at radius 2 is 1.31 bits per heavy atom. The van der Waals surface area contributed by atoms with E-state index in [1.165, 1.54) is 33.0 Å². The summed E-state index contributed by atoms with van der Waals surface area (Å²) in [5.41, 5.74) is 12.6. The van der Waals surface area contributed by atoms with Gasteiger partial charge >= 0.3 is 0 Å². The smallest absolute Gasteiger partial charge is 0.161 e. The van der Waals surface area contributed by atoms with Crippen molar-refractivity contribution in [3.8, 4) is 16.8 Å². The summed E-state index contributed by atoms with van der Waals surface area (Å²) < 4.78 is 9.23. The normalized spacial score (nSPS) is 14.8. The fraction of sp³-hybridized carbons (Fsp3) is 0.0755. The van der Waals surface area contributed by atoms with E-state index in [0.717, 1.165) is 61.8 Å². The molecule has 10 rings (SSSR count). The summed E-state index contributed by atoms with van der Waals surface area (Å²) in [7, 11) is 0. The van der Waals surface area contributed by atoms with Gasteiger partial charge in [-0.1, -0.05) is 153 Å². The van der Waals surface area contributed by atoms with Gasteiger partial charge in [-0.3, -0.25) is 4.99 Å². The average Bonchev–Trinajstić information content (AvgIpc) is 3.82. The molecule has 278 valence electrons. The molecular weight excluding hydrogens is 709 g/mol. The van der Waals surface area contributed by atoms with Gasteiger partial charge in [0, 0.05) is 32.7 Å². The van der Waals surface area contributed by atoms with E-state index in [-0.39, 0.29) is 0 Å². The van der Waals surface area contributed by atoms with Crippen LogP contribution in [0, 0.1) is 5.92 Å². The average molecular weight is 749 g/mol. The highest BCUT2D eigenvalue weighted by atomic mass is 16.3. The van der Waals surface area contributed by atoms with E-state index >= 15 is 0 Å². The van der Waals surface area contributed by atoms with E-state index in [1.807, 2.05) is 60.7 Å². The zero-order chi connectivity index (χ0) is 39.0. The van der Waals surface area contributed by atoms with Crippen molar-refractivity contribution in [2.24, 2.45) is 20.9 Å². The van der Waals surface area contributed by atoms with E-state index in [0.29, 0.717) is 24.1 Å². The Morgan fingerprint density at radius 3 is 2.00 bits per heavy atom. The summed E-state index contributed by atoms with van der Waals surface area (Å²) in [6, 6.07) is 57.1. The molecule has 9 aromatic rings. The monoisotopic (exact) mass is 748 g/mol. The van der Waals surface area contributed by atoms with Crippen LogP contribution in [0.1, 0.15) is 35.6 Å². The Kier molecular flexibility index (Phi) is 9.04. The predicted molar refractivity (Wildman–Crippen MR) is 244 cm³/mol. The van der Waals surface area contributed by atoms with Crippen molar-refractivity contribution in [2.45, 2.75) is 19.9 Å². The lowest BCUT2D eigenvalue weighted by Crippen LogP contribution is -2.05. The van der Waals surface area contributed by atoms with Crippen LogP contribution in [0.3, 0.4) is 0 Å². The molecule has 58 heavy (non-hydrogen) atoms. The first-order valence-corrected chi connectivity index (χ1v) is 19.8. The van der Waals surface area contributed by atoms with Gasteiger partial charge in [-0.2, -0.15) is 0 Å². The number of aromatic nitrogens is 1. The maximum atomic E-state index is 6.86. The van der Waals surface area contributed by atoms with E-state index in [9.17, 15) is 0 Å². The molecule has 0 amide bonds. The number of amidine groups is 2. The van der Waals surface area contributed by atoms with Crippen molar-refractivity contribution in [1.29, 1.82) is 0 Å². The lowest BCUT2D eigenvalue weighted by molar-refractivity contribution is 0.665. The molecule has 0 saturated carbocycles. The molecule has 0 fully saturated rings. The molecule has 0 N–H and O–H groups in total. The minimum Gasteiger partial charge on any atom is -0.454 e. The third-order valence-corrected chi connectivity index (χ3v) is 11.1. The fourth-order valence-electron chi connectivity index (χ4n) is 8.14. The quantitative estimate of drug-likeness (QED) is 0.118. The second kappa shape index (κ2) is 14.9. The second-order valence-corrected chi connectivity index (χ2v) is 14.9. The number of aliphatic imine (C=N–C) groups is 3. The topological polar surface area (TPSA) is 55.1 Å². The largest absolute Gasteiger partial charge is 0.454 e. The zero-order valence-corrected chi connectivity index (χ0v) is 32.2. The van der Waals surface area contributed by atoms with Gasteiger partial charge in [-0.25, -0.2) is 9.98 Å². The summed E-state index contributed by atoms with van der Waals surface area (Å²) in [4.78, 5) is 14.2. The van der Waals surface area contributed by atoms with Crippen LogP contribution in [0.15, 0.2) is 201 Å². The van der Waals surface area contributed by atoms with Crippen LogP contribution in [0.4, 0.5) is 0 Å². The maximum absolute atomic E-state index is 6.86. The summed E-state index contributed by atoms with van der Waals surface area (Å²) in [6.45, 7) is 6.48. The van der Waals surface area contributed by atoms with E-state index in [1.54, 1.807) is 0 Å². The van der Waals surface area contributed by atoms with Crippen LogP contribution in [-0.2, 0) is 6.54 Å². The number of hydrogen-bond donors (Lipinski definition) is 0. The highest BCUT2D eigenvalue weighted by Crippen LogP contribution is 2.40. The summed E-state index contributed by atoms with van der Waals surface area (Å²) in [6.07, 6.45) is 8.00. The van der Waals surface area contributed by atoms with Crippen molar-refractivity contribution in [1.82, 2.24) is 4.57 Å². The Labute approximate surface area is 337 Å². The molecule has 0 bridgehead atoms. The zero-order valence-electron chi connectivity index (χ0n) is 32.2. The van der Waals surface area contributed by atoms with Gasteiger partial charge in [0.25, 0.3) is 0 Å². The molecule has 5 nitrogen and oxygen atoms in total. The minimum absolute atomic E-state index is 0.413. The standard InChI is InChI=1S/C53H40N4O/c1-35-21-24-38(25-22-35)42-27-30-48-46(33-42)45-32-41(37-13-6-3-7-14-37)26-29-47(45)57(48)49-20-12-19-44-43-28-23-36(31-50(43)58-51(44)49)34-55-53(40-17-10-5-11-18-40)56-52(54-2)39-15-8-4-9-16-39/h3-21,23-33,35H,2,22,34H2,1H3.